The van der Waals surface area contributed by atoms with Crippen LogP contribution in [0.15, 0.2) is 24.3 Å². The van der Waals surface area contributed by atoms with E-state index < -0.39 is 0 Å². The molecule has 110 valence electrons. The molecular weight excluding hydrogens is 252 g/mol. The third-order valence-electron chi connectivity index (χ3n) is 3.65. The van der Waals surface area contributed by atoms with Crippen molar-refractivity contribution in [1.29, 1.82) is 0 Å². The number of anilines is 1. The van der Waals surface area contributed by atoms with E-state index in [9.17, 15) is 4.79 Å². The quantitative estimate of drug-likeness (QED) is 0.897. The molecule has 0 bridgehead atoms. The van der Waals surface area contributed by atoms with Crippen molar-refractivity contribution in [2.45, 2.75) is 38.7 Å². The number of amides is 1. The molecule has 4 nitrogen and oxygen atoms in total. The van der Waals surface area contributed by atoms with Gasteiger partial charge in [-0.2, -0.15) is 0 Å². The zero-order valence-corrected chi connectivity index (χ0v) is 12.2. The van der Waals surface area contributed by atoms with E-state index in [1.807, 2.05) is 36.1 Å². The van der Waals surface area contributed by atoms with Crippen LogP contribution in [0.1, 0.15) is 31.2 Å². The molecular formula is C16H24N2O2. The van der Waals surface area contributed by atoms with Crippen molar-refractivity contribution >= 4 is 11.6 Å². The van der Waals surface area contributed by atoms with Crippen LogP contribution in [0.5, 0.6) is 0 Å². The molecule has 0 radical (unpaired) electrons. The minimum atomic E-state index is -0.289. The van der Waals surface area contributed by atoms with E-state index in [0.29, 0.717) is 19.7 Å². The summed E-state index contributed by atoms with van der Waals surface area (Å²) in [5, 5.41) is 0. The SMILES string of the molecule is Cc1ccc(N(CCCN)C(=O)C2CCCCO2)cc1. The molecule has 1 aliphatic rings. The molecule has 1 heterocycles. The van der Waals surface area contributed by atoms with Gasteiger partial charge in [-0.1, -0.05) is 17.7 Å². The van der Waals surface area contributed by atoms with E-state index in [0.717, 1.165) is 31.4 Å². The maximum Gasteiger partial charge on any atom is 0.256 e. The highest BCUT2D eigenvalue weighted by Gasteiger charge is 2.27. The highest BCUT2D eigenvalue weighted by atomic mass is 16.5. The molecule has 0 saturated carbocycles. The summed E-state index contributed by atoms with van der Waals surface area (Å²) in [7, 11) is 0. The number of ether oxygens (including phenoxy) is 1. The molecule has 20 heavy (non-hydrogen) atoms. The van der Waals surface area contributed by atoms with E-state index >= 15 is 0 Å². The first-order valence-corrected chi connectivity index (χ1v) is 7.42. The van der Waals surface area contributed by atoms with Crippen LogP contribution in [0.3, 0.4) is 0 Å². The molecule has 1 aliphatic heterocycles. The summed E-state index contributed by atoms with van der Waals surface area (Å²) < 4.78 is 5.62. The fourth-order valence-electron chi connectivity index (χ4n) is 2.45. The number of carbonyl (C=O) groups is 1. The van der Waals surface area contributed by atoms with Crippen LogP contribution in [0.25, 0.3) is 0 Å². The van der Waals surface area contributed by atoms with Gasteiger partial charge in [0.05, 0.1) is 0 Å². The number of benzene rings is 1. The van der Waals surface area contributed by atoms with Crippen molar-refractivity contribution in [3.8, 4) is 0 Å². The zero-order chi connectivity index (χ0) is 14.4. The van der Waals surface area contributed by atoms with Crippen molar-refractivity contribution in [2.24, 2.45) is 5.73 Å². The van der Waals surface area contributed by atoms with Gasteiger partial charge < -0.3 is 15.4 Å². The molecule has 1 unspecified atom stereocenters. The second kappa shape index (κ2) is 7.41. The number of aryl methyl sites for hydroxylation is 1. The second-order valence-electron chi connectivity index (χ2n) is 5.32. The number of rotatable bonds is 5. The summed E-state index contributed by atoms with van der Waals surface area (Å²) in [5.41, 5.74) is 7.71. The Balaban J connectivity index is 2.13. The summed E-state index contributed by atoms with van der Waals surface area (Å²) in [6.45, 7) is 3.97. The van der Waals surface area contributed by atoms with Gasteiger partial charge in [0.15, 0.2) is 0 Å². The Morgan fingerprint density at radius 2 is 2.10 bits per heavy atom. The Morgan fingerprint density at radius 1 is 1.35 bits per heavy atom. The molecule has 1 fully saturated rings. The lowest BCUT2D eigenvalue weighted by atomic mass is 10.1. The standard InChI is InChI=1S/C16H24N2O2/c1-13-6-8-14(9-7-13)18(11-4-10-17)16(19)15-5-2-3-12-20-15/h6-9,15H,2-5,10-12,17H2,1H3. The van der Waals surface area contributed by atoms with Crippen molar-refractivity contribution in [3.05, 3.63) is 29.8 Å². The largest absolute Gasteiger partial charge is 0.368 e. The highest BCUT2D eigenvalue weighted by Crippen LogP contribution is 2.21. The lowest BCUT2D eigenvalue weighted by Crippen LogP contribution is -2.43. The summed E-state index contributed by atoms with van der Waals surface area (Å²) in [5.74, 6) is 0.0713. The number of hydrogen-bond donors (Lipinski definition) is 1. The summed E-state index contributed by atoms with van der Waals surface area (Å²) in [6.07, 6.45) is 3.45. The van der Waals surface area contributed by atoms with Crippen LogP contribution in [0.4, 0.5) is 5.69 Å². The number of hydrogen-bond acceptors (Lipinski definition) is 3. The lowest BCUT2D eigenvalue weighted by Gasteiger charge is -2.29. The van der Waals surface area contributed by atoms with Crippen LogP contribution in [0, 0.1) is 6.92 Å². The third kappa shape index (κ3) is 3.81. The Labute approximate surface area is 120 Å². The van der Waals surface area contributed by atoms with Crippen LogP contribution in [0.2, 0.25) is 0 Å². The van der Waals surface area contributed by atoms with Gasteiger partial charge in [-0.25, -0.2) is 0 Å². The minimum Gasteiger partial charge on any atom is -0.368 e. The molecule has 4 heteroatoms. The van der Waals surface area contributed by atoms with E-state index in [1.165, 1.54) is 5.56 Å². The predicted molar refractivity (Wildman–Crippen MR) is 80.8 cm³/mol. The minimum absolute atomic E-state index is 0.0713. The van der Waals surface area contributed by atoms with Crippen molar-refractivity contribution in [1.82, 2.24) is 0 Å². The van der Waals surface area contributed by atoms with Crippen LogP contribution in [-0.2, 0) is 9.53 Å². The average molecular weight is 276 g/mol. The molecule has 1 saturated heterocycles. The normalized spacial score (nSPS) is 18.8. The molecule has 0 spiro atoms. The fourth-order valence-corrected chi connectivity index (χ4v) is 2.45. The molecule has 0 aromatic heterocycles. The van der Waals surface area contributed by atoms with Gasteiger partial charge in [0.25, 0.3) is 5.91 Å². The molecule has 2 rings (SSSR count). The number of carbonyl (C=O) groups excluding carboxylic acids is 1. The zero-order valence-electron chi connectivity index (χ0n) is 12.2. The number of nitrogens with zero attached hydrogens (tertiary/aromatic N) is 1. The van der Waals surface area contributed by atoms with Gasteiger partial charge in [0, 0.05) is 18.8 Å². The van der Waals surface area contributed by atoms with Crippen LogP contribution >= 0.6 is 0 Å². The van der Waals surface area contributed by atoms with Crippen LogP contribution < -0.4 is 10.6 Å². The predicted octanol–water partition coefficient (Wildman–Crippen LogP) is 2.25. The first-order chi connectivity index (χ1) is 9.72. The van der Waals surface area contributed by atoms with Gasteiger partial charge >= 0.3 is 0 Å². The first kappa shape index (κ1) is 15.0. The van der Waals surface area contributed by atoms with Gasteiger partial charge in [-0.3, -0.25) is 4.79 Å². The first-order valence-electron chi connectivity index (χ1n) is 7.42. The van der Waals surface area contributed by atoms with E-state index in [4.69, 9.17) is 10.5 Å². The summed E-state index contributed by atoms with van der Waals surface area (Å²) in [6, 6.07) is 8.04. The van der Waals surface area contributed by atoms with Crippen molar-refractivity contribution in [2.75, 3.05) is 24.6 Å². The highest BCUT2D eigenvalue weighted by molar-refractivity contribution is 5.96. The second-order valence-corrected chi connectivity index (χ2v) is 5.32. The smallest absolute Gasteiger partial charge is 0.256 e. The maximum atomic E-state index is 12.6. The van der Waals surface area contributed by atoms with E-state index in [1.54, 1.807) is 0 Å². The summed E-state index contributed by atoms with van der Waals surface area (Å²) in [4.78, 5) is 14.5. The Kier molecular flexibility index (Phi) is 5.56. The Morgan fingerprint density at radius 3 is 2.70 bits per heavy atom. The third-order valence-corrected chi connectivity index (χ3v) is 3.65. The molecule has 2 N–H and O–H groups in total. The maximum absolute atomic E-state index is 12.6. The van der Waals surface area contributed by atoms with Crippen molar-refractivity contribution in [3.63, 3.8) is 0 Å². The Hall–Kier alpha value is -1.39. The van der Waals surface area contributed by atoms with Crippen LogP contribution in [-0.4, -0.2) is 31.7 Å². The molecule has 1 aromatic carbocycles. The van der Waals surface area contributed by atoms with Crippen molar-refractivity contribution < 1.29 is 9.53 Å². The molecule has 1 aromatic rings. The molecule has 1 atom stereocenters. The molecule has 0 aliphatic carbocycles. The topological polar surface area (TPSA) is 55.6 Å². The fraction of sp³-hybridized carbons (Fsp3) is 0.562. The monoisotopic (exact) mass is 276 g/mol. The Bertz CT molecular complexity index is 425. The van der Waals surface area contributed by atoms with E-state index in [2.05, 4.69) is 0 Å². The lowest BCUT2D eigenvalue weighted by molar-refractivity contribution is -0.132. The van der Waals surface area contributed by atoms with Gasteiger partial charge in [-0.05, 0) is 51.3 Å². The molecule has 1 amide bonds. The average Bonchev–Trinajstić information content (AvgIpc) is 2.50. The van der Waals surface area contributed by atoms with Gasteiger partial charge in [-0.15, -0.1) is 0 Å². The van der Waals surface area contributed by atoms with E-state index in [-0.39, 0.29) is 12.0 Å². The van der Waals surface area contributed by atoms with Gasteiger partial charge in [0.1, 0.15) is 6.10 Å². The summed E-state index contributed by atoms with van der Waals surface area (Å²) >= 11 is 0. The number of nitrogens with two attached hydrogens (primary N) is 1. The van der Waals surface area contributed by atoms with Gasteiger partial charge in [0.2, 0.25) is 0 Å².